The van der Waals surface area contributed by atoms with Gasteiger partial charge < -0.3 is 9.73 Å². The predicted octanol–water partition coefficient (Wildman–Crippen LogP) is 2.75. The Morgan fingerprint density at radius 2 is 2.05 bits per heavy atom. The average molecular weight is 304 g/mol. The van der Waals surface area contributed by atoms with Crippen molar-refractivity contribution in [1.82, 2.24) is 10.2 Å². The van der Waals surface area contributed by atoms with E-state index < -0.39 is 0 Å². The van der Waals surface area contributed by atoms with Crippen LogP contribution in [0, 0.1) is 0 Å². The third kappa shape index (κ3) is 5.28. The Bertz CT molecular complexity index is 552. The minimum absolute atomic E-state index is 0.00497. The van der Waals surface area contributed by atoms with E-state index in [0.29, 0.717) is 13.1 Å². The van der Waals surface area contributed by atoms with E-state index in [4.69, 9.17) is 4.42 Å². The first-order chi connectivity index (χ1) is 10.2. The van der Waals surface area contributed by atoms with Gasteiger partial charge in [0.2, 0.25) is 5.91 Å². The second-order valence-corrected chi connectivity index (χ2v) is 5.76. The summed E-state index contributed by atoms with van der Waals surface area (Å²) in [7, 11) is 1.94. The molecule has 0 saturated carbocycles. The van der Waals surface area contributed by atoms with Crippen molar-refractivity contribution in [3.05, 3.63) is 54.0 Å². The second kappa shape index (κ2) is 7.90. The zero-order valence-electron chi connectivity index (χ0n) is 12.3. The predicted molar refractivity (Wildman–Crippen MR) is 85.1 cm³/mol. The van der Waals surface area contributed by atoms with Crippen LogP contribution in [-0.2, 0) is 17.9 Å². The third-order valence-corrected chi connectivity index (χ3v) is 3.81. The molecule has 0 aliphatic rings. The van der Waals surface area contributed by atoms with E-state index in [0.717, 1.165) is 12.3 Å². The topological polar surface area (TPSA) is 45.5 Å². The van der Waals surface area contributed by atoms with E-state index >= 15 is 0 Å². The monoisotopic (exact) mass is 304 g/mol. The molecule has 1 heterocycles. The normalized spacial score (nSPS) is 10.8. The second-order valence-electron chi connectivity index (χ2n) is 4.88. The van der Waals surface area contributed by atoms with E-state index in [1.165, 1.54) is 10.5 Å². The van der Waals surface area contributed by atoms with Gasteiger partial charge in [0.15, 0.2) is 0 Å². The maximum atomic E-state index is 11.8. The molecule has 0 spiro atoms. The lowest BCUT2D eigenvalue weighted by Crippen LogP contribution is -2.34. The van der Waals surface area contributed by atoms with Gasteiger partial charge in [-0.2, -0.15) is 0 Å². The lowest BCUT2D eigenvalue weighted by Gasteiger charge is -2.16. The fourth-order valence-corrected chi connectivity index (χ4v) is 2.41. The van der Waals surface area contributed by atoms with Crippen LogP contribution in [0.15, 0.2) is 52.0 Å². The van der Waals surface area contributed by atoms with Crippen LogP contribution in [0.25, 0.3) is 0 Å². The Morgan fingerprint density at radius 1 is 1.29 bits per heavy atom. The number of carbonyl (C=O) groups is 1. The number of benzene rings is 1. The molecule has 1 aromatic heterocycles. The average Bonchev–Trinajstić information content (AvgIpc) is 2.99. The molecule has 0 bridgehead atoms. The van der Waals surface area contributed by atoms with Gasteiger partial charge >= 0.3 is 0 Å². The molecule has 5 heteroatoms. The maximum Gasteiger partial charge on any atom is 0.234 e. The van der Waals surface area contributed by atoms with Gasteiger partial charge in [-0.1, -0.05) is 12.1 Å². The van der Waals surface area contributed by atoms with E-state index in [2.05, 4.69) is 35.8 Å². The lowest BCUT2D eigenvalue weighted by molar-refractivity contribution is -0.122. The molecular formula is C16H20N2O2S. The van der Waals surface area contributed by atoms with Crippen LogP contribution < -0.4 is 5.32 Å². The van der Waals surface area contributed by atoms with Crippen LogP contribution in [0.1, 0.15) is 11.3 Å². The first-order valence-corrected chi connectivity index (χ1v) is 8.00. The highest BCUT2D eigenvalue weighted by molar-refractivity contribution is 7.98. The summed E-state index contributed by atoms with van der Waals surface area (Å²) >= 11 is 1.73. The smallest absolute Gasteiger partial charge is 0.234 e. The van der Waals surface area contributed by atoms with Gasteiger partial charge in [-0.15, -0.1) is 11.8 Å². The van der Waals surface area contributed by atoms with E-state index in [1.807, 2.05) is 24.1 Å². The van der Waals surface area contributed by atoms with Crippen molar-refractivity contribution in [2.75, 3.05) is 19.8 Å². The SMILES string of the molecule is CSc1ccc(CN(C)CC(=O)NCc2ccco2)cc1. The number of amides is 1. The van der Waals surface area contributed by atoms with Gasteiger partial charge in [-0.25, -0.2) is 0 Å². The maximum absolute atomic E-state index is 11.8. The highest BCUT2D eigenvalue weighted by Gasteiger charge is 2.07. The Hall–Kier alpha value is -1.72. The van der Waals surface area contributed by atoms with Gasteiger partial charge in [0.05, 0.1) is 19.4 Å². The zero-order valence-corrected chi connectivity index (χ0v) is 13.2. The highest BCUT2D eigenvalue weighted by atomic mass is 32.2. The van der Waals surface area contributed by atoms with Gasteiger partial charge in [0, 0.05) is 11.4 Å². The largest absolute Gasteiger partial charge is 0.467 e. The van der Waals surface area contributed by atoms with Gasteiger partial charge in [0.1, 0.15) is 5.76 Å². The number of nitrogens with one attached hydrogen (secondary N) is 1. The summed E-state index contributed by atoms with van der Waals surface area (Å²) in [6, 6.07) is 12.1. The first-order valence-electron chi connectivity index (χ1n) is 6.78. The third-order valence-electron chi connectivity index (χ3n) is 3.06. The van der Waals surface area contributed by atoms with Crippen LogP contribution in [0.5, 0.6) is 0 Å². The molecule has 2 aromatic rings. The number of furan rings is 1. The molecule has 112 valence electrons. The van der Waals surface area contributed by atoms with Crippen LogP contribution in [0.4, 0.5) is 0 Å². The van der Waals surface area contributed by atoms with Gasteiger partial charge in [0.25, 0.3) is 0 Å². The van der Waals surface area contributed by atoms with Crippen molar-refractivity contribution in [3.8, 4) is 0 Å². The summed E-state index contributed by atoms with van der Waals surface area (Å²) in [5, 5.41) is 2.84. The Labute approximate surface area is 129 Å². The molecule has 1 aromatic carbocycles. The molecule has 0 saturated heterocycles. The van der Waals surface area contributed by atoms with Crippen molar-refractivity contribution < 1.29 is 9.21 Å². The minimum atomic E-state index is -0.00497. The fourth-order valence-electron chi connectivity index (χ4n) is 2.00. The Kier molecular flexibility index (Phi) is 5.90. The summed E-state index contributed by atoms with van der Waals surface area (Å²) in [6.45, 7) is 1.55. The van der Waals surface area contributed by atoms with Gasteiger partial charge in [-0.05, 0) is 43.1 Å². The number of hydrogen-bond acceptors (Lipinski definition) is 4. The lowest BCUT2D eigenvalue weighted by atomic mass is 10.2. The van der Waals surface area contributed by atoms with Crippen molar-refractivity contribution >= 4 is 17.7 Å². The highest BCUT2D eigenvalue weighted by Crippen LogP contribution is 2.15. The summed E-state index contributed by atoms with van der Waals surface area (Å²) < 4.78 is 5.18. The molecular weight excluding hydrogens is 284 g/mol. The standard InChI is InChI=1S/C16H20N2O2S/c1-18(11-13-5-7-15(21-2)8-6-13)12-16(19)17-10-14-4-3-9-20-14/h3-9H,10-12H2,1-2H3,(H,17,19). The number of carbonyl (C=O) groups excluding carboxylic acids is 1. The fraction of sp³-hybridized carbons (Fsp3) is 0.312. The summed E-state index contributed by atoms with van der Waals surface area (Å²) in [4.78, 5) is 15.1. The molecule has 0 unspecified atom stereocenters. The molecule has 0 aliphatic carbocycles. The van der Waals surface area contributed by atoms with E-state index in [-0.39, 0.29) is 5.91 Å². The van der Waals surface area contributed by atoms with Crippen LogP contribution >= 0.6 is 11.8 Å². The van der Waals surface area contributed by atoms with E-state index in [1.54, 1.807) is 18.0 Å². The number of hydrogen-bond donors (Lipinski definition) is 1. The number of likely N-dealkylation sites (N-methyl/N-ethyl adjacent to an activating group) is 1. The molecule has 0 aliphatic heterocycles. The summed E-state index contributed by atoms with van der Waals surface area (Å²) in [6.07, 6.45) is 3.66. The molecule has 2 rings (SSSR count). The van der Waals surface area contributed by atoms with Crippen molar-refractivity contribution in [2.24, 2.45) is 0 Å². The van der Waals surface area contributed by atoms with Crippen LogP contribution in [-0.4, -0.2) is 30.7 Å². The summed E-state index contributed by atoms with van der Waals surface area (Å²) in [5.74, 6) is 0.758. The minimum Gasteiger partial charge on any atom is -0.467 e. The molecule has 0 fully saturated rings. The quantitative estimate of drug-likeness (QED) is 0.799. The molecule has 0 radical (unpaired) electrons. The van der Waals surface area contributed by atoms with Crippen molar-refractivity contribution in [3.63, 3.8) is 0 Å². The first kappa shape index (κ1) is 15.7. The molecule has 4 nitrogen and oxygen atoms in total. The number of rotatable bonds is 7. The zero-order chi connectivity index (χ0) is 15.1. The number of thioether (sulfide) groups is 1. The van der Waals surface area contributed by atoms with Crippen molar-refractivity contribution in [2.45, 2.75) is 18.0 Å². The molecule has 21 heavy (non-hydrogen) atoms. The van der Waals surface area contributed by atoms with Crippen LogP contribution in [0.2, 0.25) is 0 Å². The molecule has 1 N–H and O–H groups in total. The van der Waals surface area contributed by atoms with E-state index in [9.17, 15) is 4.79 Å². The van der Waals surface area contributed by atoms with Crippen molar-refractivity contribution in [1.29, 1.82) is 0 Å². The molecule has 0 atom stereocenters. The van der Waals surface area contributed by atoms with Gasteiger partial charge in [-0.3, -0.25) is 9.69 Å². The Balaban J connectivity index is 1.75. The summed E-state index contributed by atoms with van der Waals surface area (Å²) in [5.41, 5.74) is 1.20. The Morgan fingerprint density at radius 3 is 2.67 bits per heavy atom. The number of nitrogens with zero attached hydrogens (tertiary/aromatic N) is 1. The van der Waals surface area contributed by atoms with Crippen LogP contribution in [0.3, 0.4) is 0 Å². The molecule has 1 amide bonds.